The van der Waals surface area contributed by atoms with E-state index in [0.29, 0.717) is 5.96 Å². The molecule has 0 unspecified atom stereocenters. The van der Waals surface area contributed by atoms with Crippen LogP contribution < -0.4 is 31.7 Å². The normalized spacial score (nSPS) is 21.5. The van der Waals surface area contributed by atoms with E-state index in [0.717, 1.165) is 16.9 Å². The van der Waals surface area contributed by atoms with Crippen molar-refractivity contribution in [2.24, 2.45) is 5.73 Å². The topological polar surface area (TPSA) is 107 Å². The van der Waals surface area contributed by atoms with E-state index in [9.17, 15) is 4.79 Å². The lowest BCUT2D eigenvalue weighted by atomic mass is 10.0. The average Bonchev–Trinajstić information content (AvgIpc) is 2.81. The first kappa shape index (κ1) is 14.3. The van der Waals surface area contributed by atoms with Gasteiger partial charge in [0.1, 0.15) is 0 Å². The average molecular weight is 322 g/mol. The van der Waals surface area contributed by atoms with E-state index in [4.69, 9.17) is 5.73 Å². The third-order valence-corrected chi connectivity index (χ3v) is 4.14. The summed E-state index contributed by atoms with van der Waals surface area (Å²) in [6.45, 7) is 2.03. The van der Waals surface area contributed by atoms with Crippen LogP contribution in [0.2, 0.25) is 0 Å². The van der Waals surface area contributed by atoms with E-state index >= 15 is 0 Å². The molecule has 2 aliphatic heterocycles. The van der Waals surface area contributed by atoms with Gasteiger partial charge in [-0.25, -0.2) is 15.3 Å². The van der Waals surface area contributed by atoms with Crippen molar-refractivity contribution in [2.75, 3.05) is 10.6 Å². The van der Waals surface area contributed by atoms with Gasteiger partial charge < -0.3 is 5.32 Å². The maximum Gasteiger partial charge on any atom is 0.361 e. The van der Waals surface area contributed by atoms with Gasteiger partial charge >= 0.3 is 23.5 Å². The SMILES string of the molecule is Cc1ccc(NC2=[NH+][C@@]3([NH+]=C(N)N2)C(=O)Nc2ccccc23)cc1. The summed E-state index contributed by atoms with van der Waals surface area (Å²) in [5.74, 6) is 0.605. The van der Waals surface area contributed by atoms with Gasteiger partial charge in [0.05, 0.1) is 16.9 Å². The van der Waals surface area contributed by atoms with E-state index < -0.39 is 5.66 Å². The molecule has 7 heteroatoms. The second-order valence-electron chi connectivity index (χ2n) is 5.90. The number of carbonyl (C=O) groups excluding carboxylic acids is 1. The molecule has 2 aliphatic rings. The number of rotatable bonds is 1. The largest absolute Gasteiger partial charge is 0.361 e. The number of hydrogen-bond acceptors (Lipinski definition) is 4. The summed E-state index contributed by atoms with van der Waals surface area (Å²) in [4.78, 5) is 18.8. The number of nitrogens with two attached hydrogens (primary N) is 1. The van der Waals surface area contributed by atoms with Crippen LogP contribution in [0.25, 0.3) is 0 Å². The van der Waals surface area contributed by atoms with Crippen molar-refractivity contribution in [2.45, 2.75) is 12.6 Å². The Hall–Kier alpha value is -3.35. The van der Waals surface area contributed by atoms with Crippen molar-refractivity contribution < 1.29 is 14.8 Å². The summed E-state index contributed by atoms with van der Waals surface area (Å²) in [7, 11) is 0. The molecule has 0 fully saturated rings. The number of amides is 1. The quantitative estimate of drug-likeness (QED) is 0.353. The Labute approximate surface area is 138 Å². The Bertz CT molecular complexity index is 886. The van der Waals surface area contributed by atoms with Crippen molar-refractivity contribution >= 4 is 29.2 Å². The molecule has 0 aliphatic carbocycles. The Morgan fingerprint density at radius 2 is 1.79 bits per heavy atom. The van der Waals surface area contributed by atoms with E-state index in [2.05, 4.69) is 25.9 Å². The van der Waals surface area contributed by atoms with Gasteiger partial charge in [0.15, 0.2) is 0 Å². The molecule has 0 aromatic heterocycles. The monoisotopic (exact) mass is 322 g/mol. The second kappa shape index (κ2) is 5.09. The minimum Gasteiger partial charge on any atom is -0.319 e. The Morgan fingerprint density at radius 1 is 1.04 bits per heavy atom. The zero-order valence-corrected chi connectivity index (χ0v) is 13.1. The fourth-order valence-corrected chi connectivity index (χ4v) is 2.97. The molecular formula is C17H18N6O+2. The molecule has 0 saturated heterocycles. The van der Waals surface area contributed by atoms with Gasteiger partial charge in [-0.1, -0.05) is 29.8 Å². The molecule has 120 valence electrons. The van der Waals surface area contributed by atoms with Crippen LogP contribution in [0.5, 0.6) is 0 Å². The molecule has 1 atom stereocenters. The summed E-state index contributed by atoms with van der Waals surface area (Å²) in [5.41, 5.74) is 8.45. The molecule has 7 nitrogen and oxygen atoms in total. The maximum absolute atomic E-state index is 12.6. The van der Waals surface area contributed by atoms with Gasteiger partial charge in [-0.3, -0.25) is 10.5 Å². The predicted octanol–water partition coefficient (Wildman–Crippen LogP) is -2.35. The van der Waals surface area contributed by atoms with Gasteiger partial charge in [-0.05, 0) is 31.2 Å². The lowest BCUT2D eigenvalue weighted by Gasteiger charge is -2.21. The number of carbonyl (C=O) groups is 1. The van der Waals surface area contributed by atoms with Gasteiger partial charge in [0.2, 0.25) is 0 Å². The third kappa shape index (κ3) is 2.18. The van der Waals surface area contributed by atoms with Crippen LogP contribution in [0.4, 0.5) is 11.4 Å². The highest BCUT2D eigenvalue weighted by Gasteiger charge is 2.52. The molecule has 2 heterocycles. The number of guanidine groups is 2. The number of aryl methyl sites for hydroxylation is 1. The maximum atomic E-state index is 12.6. The summed E-state index contributed by atoms with van der Waals surface area (Å²) >= 11 is 0. The fourth-order valence-electron chi connectivity index (χ4n) is 2.97. The molecule has 4 rings (SSSR count). The molecule has 1 amide bonds. The Morgan fingerprint density at radius 3 is 2.58 bits per heavy atom. The zero-order valence-electron chi connectivity index (χ0n) is 13.1. The zero-order chi connectivity index (χ0) is 16.7. The number of nitrogens with one attached hydrogen (secondary N) is 5. The lowest BCUT2D eigenvalue weighted by Crippen LogP contribution is -3.14. The molecule has 1 spiro atoms. The van der Waals surface area contributed by atoms with Crippen LogP contribution >= 0.6 is 0 Å². The Balaban J connectivity index is 1.76. The fraction of sp³-hybridized carbons (Fsp3) is 0.118. The van der Waals surface area contributed by atoms with Crippen molar-refractivity contribution in [3.05, 3.63) is 59.7 Å². The van der Waals surface area contributed by atoms with E-state index in [-0.39, 0.29) is 11.9 Å². The van der Waals surface area contributed by atoms with Crippen LogP contribution in [0.15, 0.2) is 48.5 Å². The van der Waals surface area contributed by atoms with Gasteiger partial charge in [0, 0.05) is 0 Å². The number of hydrogen-bond donors (Lipinski definition) is 6. The standard InChI is InChI=1S/C17H16N6O/c1-10-6-8-11(9-7-10)19-16-21-15(18)22-17(23-16)12-4-2-3-5-13(12)20-14(17)24/h2-9H,1H3,(H,20,24)(H4,18,19,21,22,23)/p+2/t17-/m1/s1. The number of para-hydroxylation sites is 1. The van der Waals surface area contributed by atoms with Crippen LogP contribution in [0.1, 0.15) is 11.1 Å². The summed E-state index contributed by atoms with van der Waals surface area (Å²) in [5, 5.41) is 9.06. The molecule has 2 aromatic rings. The van der Waals surface area contributed by atoms with Gasteiger partial charge in [-0.15, -0.1) is 0 Å². The number of benzene rings is 2. The van der Waals surface area contributed by atoms with E-state index in [1.807, 2.05) is 55.5 Å². The van der Waals surface area contributed by atoms with Gasteiger partial charge in [-0.2, -0.15) is 5.32 Å². The van der Waals surface area contributed by atoms with Crippen LogP contribution in [-0.2, 0) is 10.5 Å². The summed E-state index contributed by atoms with van der Waals surface area (Å²) < 4.78 is 0. The minimum absolute atomic E-state index is 0.212. The van der Waals surface area contributed by atoms with Crippen molar-refractivity contribution in [3.8, 4) is 0 Å². The highest BCUT2D eigenvalue weighted by atomic mass is 16.2. The highest BCUT2D eigenvalue weighted by molar-refractivity contribution is 6.06. The third-order valence-electron chi connectivity index (χ3n) is 4.14. The smallest absolute Gasteiger partial charge is 0.319 e. The first-order valence-electron chi connectivity index (χ1n) is 7.64. The minimum atomic E-state index is -1.14. The van der Waals surface area contributed by atoms with Crippen LogP contribution in [0, 0.1) is 6.92 Å². The Kier molecular flexibility index (Phi) is 3.02. The number of anilines is 2. The predicted molar refractivity (Wildman–Crippen MR) is 90.8 cm³/mol. The molecular weight excluding hydrogens is 304 g/mol. The second-order valence-corrected chi connectivity index (χ2v) is 5.90. The van der Waals surface area contributed by atoms with Crippen molar-refractivity contribution in [1.82, 2.24) is 5.32 Å². The summed E-state index contributed by atoms with van der Waals surface area (Å²) in [6.07, 6.45) is 0. The molecule has 2 aromatic carbocycles. The number of fused-ring (bicyclic) bond motifs is 2. The van der Waals surface area contributed by atoms with E-state index in [1.54, 1.807) is 0 Å². The van der Waals surface area contributed by atoms with E-state index in [1.165, 1.54) is 5.56 Å². The molecule has 7 N–H and O–H groups in total. The van der Waals surface area contributed by atoms with Crippen molar-refractivity contribution in [1.29, 1.82) is 0 Å². The summed E-state index contributed by atoms with van der Waals surface area (Å²) in [6, 6.07) is 15.4. The van der Waals surface area contributed by atoms with Crippen molar-refractivity contribution in [3.63, 3.8) is 0 Å². The molecule has 0 bridgehead atoms. The first-order valence-corrected chi connectivity index (χ1v) is 7.64. The van der Waals surface area contributed by atoms with Crippen LogP contribution in [0.3, 0.4) is 0 Å². The molecule has 0 radical (unpaired) electrons. The van der Waals surface area contributed by atoms with Gasteiger partial charge in [0.25, 0.3) is 0 Å². The van der Waals surface area contributed by atoms with Crippen LogP contribution in [-0.4, -0.2) is 17.8 Å². The molecule has 24 heavy (non-hydrogen) atoms. The lowest BCUT2D eigenvalue weighted by molar-refractivity contribution is -0.789. The highest BCUT2D eigenvalue weighted by Crippen LogP contribution is 2.27. The molecule has 0 saturated carbocycles. The first-order chi connectivity index (χ1) is 11.6.